The van der Waals surface area contributed by atoms with Crippen LogP contribution in [0, 0.1) is 23.7 Å². The number of halogens is 3. The molecule has 3 amide bonds. The molecular weight excluding hydrogens is 477 g/mol. The van der Waals surface area contributed by atoms with Crippen LogP contribution < -0.4 is 16.4 Å². The van der Waals surface area contributed by atoms with E-state index in [0.29, 0.717) is 25.7 Å². The van der Waals surface area contributed by atoms with E-state index in [9.17, 15) is 27.6 Å². The first-order chi connectivity index (χ1) is 17.0. The van der Waals surface area contributed by atoms with Gasteiger partial charge in [0.25, 0.3) is 5.91 Å². The summed E-state index contributed by atoms with van der Waals surface area (Å²) in [5.74, 6) is -0.841. The molecular formula is C24H29F3N6O3. The molecule has 1 aliphatic heterocycles. The zero-order chi connectivity index (χ0) is 26.5. The first-order valence-electron chi connectivity index (χ1n) is 11.7. The lowest BCUT2D eigenvalue weighted by molar-refractivity contribution is -0.184. The molecule has 1 aromatic rings. The number of primary amides is 1. The van der Waals surface area contributed by atoms with Crippen molar-refractivity contribution in [2.24, 2.45) is 11.7 Å². The number of alkyl halides is 3. The maximum absolute atomic E-state index is 13.2. The van der Waals surface area contributed by atoms with E-state index in [0.717, 1.165) is 0 Å². The van der Waals surface area contributed by atoms with Gasteiger partial charge in [-0.2, -0.15) is 13.2 Å². The standard InChI is InChI=1S/C24H29F3N6O3/c1-2-4-16-7-8-19(23(36)32-15-6-3-5-14(11-15)24(25,26)27)33(16)20(34)13-31-18-12-30-10-9-17(18)21(28)22(29)35/h1,9-10,12,14-16,19,28,31H,3-8,11,13H2,(H2,29,35)(H,32,36)/t14-,15?,16?,19-/m0/s1. The van der Waals surface area contributed by atoms with Gasteiger partial charge in [-0.15, -0.1) is 12.3 Å². The van der Waals surface area contributed by atoms with Gasteiger partial charge in [0.1, 0.15) is 11.8 Å². The van der Waals surface area contributed by atoms with Gasteiger partial charge in [-0.05, 0) is 38.2 Å². The fourth-order valence-electron chi connectivity index (χ4n) is 4.92. The van der Waals surface area contributed by atoms with Crippen molar-refractivity contribution < 1.29 is 27.6 Å². The number of hydrogen-bond donors (Lipinski definition) is 4. The average molecular weight is 507 g/mol. The third-order valence-corrected chi connectivity index (χ3v) is 6.70. The number of carbonyl (C=O) groups is 3. The Morgan fingerprint density at radius 3 is 2.67 bits per heavy atom. The van der Waals surface area contributed by atoms with Crippen molar-refractivity contribution in [3.63, 3.8) is 0 Å². The summed E-state index contributed by atoms with van der Waals surface area (Å²) in [4.78, 5) is 43.0. The van der Waals surface area contributed by atoms with E-state index in [1.165, 1.54) is 23.4 Å². The van der Waals surface area contributed by atoms with Crippen LogP contribution in [0.25, 0.3) is 0 Å². The fraction of sp³-hybridized carbons (Fsp3) is 0.542. The molecule has 2 aliphatic rings. The normalized spacial score (nSPS) is 24.0. The highest BCUT2D eigenvalue weighted by Crippen LogP contribution is 2.37. The fourth-order valence-corrected chi connectivity index (χ4v) is 4.92. The SMILES string of the molecule is C#CCC1CC[C@@H](C(=O)NC2CCC[C@H](C(F)(F)F)C2)N1C(=O)CNc1cnccc1C(=N)C(N)=O. The van der Waals surface area contributed by atoms with Gasteiger partial charge in [0.2, 0.25) is 11.8 Å². The smallest absolute Gasteiger partial charge is 0.374 e. The maximum atomic E-state index is 13.2. The van der Waals surface area contributed by atoms with E-state index in [2.05, 4.69) is 21.5 Å². The molecule has 9 nitrogen and oxygen atoms in total. The predicted octanol–water partition coefficient (Wildman–Crippen LogP) is 1.97. The topological polar surface area (TPSA) is 141 Å². The monoisotopic (exact) mass is 506 g/mol. The van der Waals surface area contributed by atoms with Crippen LogP contribution in [-0.4, -0.2) is 64.2 Å². The lowest BCUT2D eigenvalue weighted by atomic mass is 9.85. The molecule has 5 N–H and O–H groups in total. The Morgan fingerprint density at radius 2 is 2.00 bits per heavy atom. The molecule has 1 saturated carbocycles. The Hall–Kier alpha value is -3.62. The van der Waals surface area contributed by atoms with E-state index < -0.39 is 53.7 Å². The van der Waals surface area contributed by atoms with Gasteiger partial charge in [0, 0.05) is 30.3 Å². The zero-order valence-corrected chi connectivity index (χ0v) is 19.6. The largest absolute Gasteiger partial charge is 0.391 e. The maximum Gasteiger partial charge on any atom is 0.391 e. The number of nitrogens with two attached hydrogens (primary N) is 1. The first-order valence-corrected chi connectivity index (χ1v) is 11.7. The molecule has 194 valence electrons. The Kier molecular flexibility index (Phi) is 8.55. The minimum atomic E-state index is -4.31. The minimum absolute atomic E-state index is 0.0450. The summed E-state index contributed by atoms with van der Waals surface area (Å²) in [5.41, 5.74) is 5.14. The lowest BCUT2D eigenvalue weighted by Gasteiger charge is -2.34. The minimum Gasteiger partial charge on any atom is -0.374 e. The second kappa shape index (κ2) is 11.4. The highest BCUT2D eigenvalue weighted by Gasteiger charge is 2.44. The van der Waals surface area contributed by atoms with Gasteiger partial charge < -0.3 is 21.3 Å². The summed E-state index contributed by atoms with van der Waals surface area (Å²) >= 11 is 0. The number of hydrogen-bond acceptors (Lipinski definition) is 6. The second-order valence-corrected chi connectivity index (χ2v) is 9.08. The molecule has 0 spiro atoms. The summed E-state index contributed by atoms with van der Waals surface area (Å²) < 4.78 is 39.5. The van der Waals surface area contributed by atoms with Crippen LogP contribution in [0.2, 0.25) is 0 Å². The van der Waals surface area contributed by atoms with Crippen LogP contribution in [0.4, 0.5) is 18.9 Å². The number of pyridine rings is 1. The highest BCUT2D eigenvalue weighted by atomic mass is 19.4. The van der Waals surface area contributed by atoms with Crippen molar-refractivity contribution in [3.8, 4) is 12.3 Å². The first kappa shape index (κ1) is 27.0. The molecule has 4 atom stereocenters. The van der Waals surface area contributed by atoms with Crippen molar-refractivity contribution in [1.82, 2.24) is 15.2 Å². The van der Waals surface area contributed by atoms with Gasteiger partial charge >= 0.3 is 6.18 Å². The van der Waals surface area contributed by atoms with Crippen molar-refractivity contribution in [2.45, 2.75) is 69.2 Å². The van der Waals surface area contributed by atoms with Gasteiger partial charge in [-0.25, -0.2) is 0 Å². The quantitative estimate of drug-likeness (QED) is 0.315. The van der Waals surface area contributed by atoms with Crippen molar-refractivity contribution >= 4 is 29.1 Å². The molecule has 1 saturated heterocycles. The molecule has 0 radical (unpaired) electrons. The summed E-state index contributed by atoms with van der Waals surface area (Å²) in [5, 5.41) is 13.4. The number of amides is 3. The number of carbonyl (C=O) groups excluding carboxylic acids is 3. The molecule has 36 heavy (non-hydrogen) atoms. The number of aromatic nitrogens is 1. The summed E-state index contributed by atoms with van der Waals surface area (Å²) in [7, 11) is 0. The van der Waals surface area contributed by atoms with Crippen molar-refractivity contribution in [2.75, 3.05) is 11.9 Å². The highest BCUT2D eigenvalue weighted by molar-refractivity contribution is 6.44. The number of anilines is 1. The summed E-state index contributed by atoms with van der Waals surface area (Å²) in [6, 6.07) is -0.462. The average Bonchev–Trinajstić information content (AvgIpc) is 3.26. The van der Waals surface area contributed by atoms with Gasteiger partial charge in [-0.3, -0.25) is 24.8 Å². The van der Waals surface area contributed by atoms with E-state index in [4.69, 9.17) is 17.6 Å². The predicted molar refractivity (Wildman–Crippen MR) is 126 cm³/mol. The zero-order valence-electron chi connectivity index (χ0n) is 19.6. The van der Waals surface area contributed by atoms with E-state index in [-0.39, 0.29) is 37.1 Å². The molecule has 12 heteroatoms. The van der Waals surface area contributed by atoms with Crippen LogP contribution in [0.1, 0.15) is 50.5 Å². The Labute approximate surface area is 206 Å². The number of nitrogens with zero attached hydrogens (tertiary/aromatic N) is 2. The van der Waals surface area contributed by atoms with Crippen LogP contribution in [-0.2, 0) is 14.4 Å². The van der Waals surface area contributed by atoms with Crippen LogP contribution in [0.15, 0.2) is 18.5 Å². The van der Waals surface area contributed by atoms with Crippen LogP contribution in [0.3, 0.4) is 0 Å². The molecule has 2 fully saturated rings. The Morgan fingerprint density at radius 1 is 1.25 bits per heavy atom. The molecule has 3 rings (SSSR count). The van der Waals surface area contributed by atoms with E-state index in [1.807, 2.05) is 0 Å². The molecule has 1 aromatic heterocycles. The molecule has 2 unspecified atom stereocenters. The third kappa shape index (κ3) is 6.33. The van der Waals surface area contributed by atoms with Crippen LogP contribution >= 0.6 is 0 Å². The summed E-state index contributed by atoms with van der Waals surface area (Å²) in [6.07, 6.45) is 5.58. The number of nitrogens with one attached hydrogen (secondary N) is 3. The molecule has 2 heterocycles. The number of likely N-dealkylation sites (tertiary alicyclic amines) is 1. The lowest BCUT2D eigenvalue weighted by Crippen LogP contribution is -2.53. The third-order valence-electron chi connectivity index (χ3n) is 6.70. The number of rotatable bonds is 8. The molecule has 0 aromatic carbocycles. The summed E-state index contributed by atoms with van der Waals surface area (Å²) in [6.45, 7) is -0.283. The van der Waals surface area contributed by atoms with Gasteiger partial charge in [0.15, 0.2) is 0 Å². The Bertz CT molecular complexity index is 1050. The van der Waals surface area contributed by atoms with E-state index >= 15 is 0 Å². The van der Waals surface area contributed by atoms with Crippen LogP contribution in [0.5, 0.6) is 0 Å². The van der Waals surface area contributed by atoms with Crippen molar-refractivity contribution in [3.05, 3.63) is 24.0 Å². The van der Waals surface area contributed by atoms with Gasteiger partial charge in [-0.1, -0.05) is 6.42 Å². The van der Waals surface area contributed by atoms with Crippen molar-refractivity contribution in [1.29, 1.82) is 5.41 Å². The second-order valence-electron chi connectivity index (χ2n) is 9.08. The van der Waals surface area contributed by atoms with Gasteiger partial charge in [0.05, 0.1) is 24.3 Å². The molecule has 1 aliphatic carbocycles. The van der Waals surface area contributed by atoms with E-state index in [1.54, 1.807) is 0 Å². The Balaban J connectivity index is 1.70. The number of terminal acetylenes is 1. The molecule has 0 bridgehead atoms.